The number of amides is 1. The van der Waals surface area contributed by atoms with Crippen LogP contribution in [-0.2, 0) is 4.74 Å². The van der Waals surface area contributed by atoms with Crippen LogP contribution in [0.4, 0.5) is 10.5 Å². The van der Waals surface area contributed by atoms with E-state index in [4.69, 9.17) is 16.3 Å². The Hall–Kier alpha value is -2.64. The molecule has 1 unspecified atom stereocenters. The molecule has 0 radical (unpaired) electrons. The van der Waals surface area contributed by atoms with Crippen molar-refractivity contribution in [3.8, 4) is 11.3 Å². The van der Waals surface area contributed by atoms with Crippen LogP contribution in [-0.4, -0.2) is 33.0 Å². The molecule has 3 N–H and O–H groups in total. The molecule has 0 saturated carbocycles. The van der Waals surface area contributed by atoms with Gasteiger partial charge in [-0.15, -0.1) is 0 Å². The first-order valence-electron chi connectivity index (χ1n) is 7.80. The number of benzene rings is 1. The number of carbonyl (C=O) groups is 1. The van der Waals surface area contributed by atoms with Crippen molar-refractivity contribution >= 4 is 34.3 Å². The second kappa shape index (κ2) is 6.02. The van der Waals surface area contributed by atoms with Crippen molar-refractivity contribution in [3.05, 3.63) is 40.7 Å². The minimum absolute atomic E-state index is 0.0803. The van der Waals surface area contributed by atoms with Crippen molar-refractivity contribution < 1.29 is 14.6 Å². The van der Waals surface area contributed by atoms with E-state index in [1.807, 2.05) is 25.1 Å². The number of anilines is 1. The SMILES string of the molecule is Cc1cc(-c2n[nH]c3cc4c(cc23)C(CCO)OC(=O)N4)c(Cl)cn1. The van der Waals surface area contributed by atoms with Gasteiger partial charge in [0.2, 0.25) is 0 Å². The fraction of sp³-hybridized carbons (Fsp3) is 0.235. The lowest BCUT2D eigenvalue weighted by molar-refractivity contribution is 0.0873. The van der Waals surface area contributed by atoms with Gasteiger partial charge in [-0.3, -0.25) is 15.4 Å². The Labute approximate surface area is 148 Å². The molecule has 3 heterocycles. The average molecular weight is 359 g/mol. The third-order valence-corrected chi connectivity index (χ3v) is 4.51. The zero-order valence-electron chi connectivity index (χ0n) is 13.3. The summed E-state index contributed by atoms with van der Waals surface area (Å²) >= 11 is 6.30. The van der Waals surface area contributed by atoms with Crippen LogP contribution in [0.1, 0.15) is 23.8 Å². The number of pyridine rings is 1. The van der Waals surface area contributed by atoms with Gasteiger partial charge in [0.1, 0.15) is 11.8 Å². The smallest absolute Gasteiger partial charge is 0.412 e. The van der Waals surface area contributed by atoms with Gasteiger partial charge in [0, 0.05) is 41.4 Å². The minimum Gasteiger partial charge on any atom is -0.441 e. The second-order valence-electron chi connectivity index (χ2n) is 5.89. The number of aromatic nitrogens is 3. The molecular weight excluding hydrogens is 344 g/mol. The van der Waals surface area contributed by atoms with Crippen molar-refractivity contribution in [3.63, 3.8) is 0 Å². The molecule has 0 saturated heterocycles. The molecule has 1 atom stereocenters. The maximum atomic E-state index is 11.7. The average Bonchev–Trinajstić information content (AvgIpc) is 2.98. The van der Waals surface area contributed by atoms with Gasteiger partial charge >= 0.3 is 6.09 Å². The number of rotatable bonds is 3. The standard InChI is InChI=1S/C17H15ClN4O3/c1-8-4-9(12(18)7-19-8)16-11-5-10-13(6-14(11)21-22-16)20-17(24)25-15(10)2-3-23/h4-7,15,23H,2-3H2,1H3,(H,20,24)(H,21,22). The molecule has 7 nitrogen and oxygen atoms in total. The van der Waals surface area contributed by atoms with Crippen LogP contribution >= 0.6 is 11.6 Å². The number of ether oxygens (including phenoxy) is 1. The summed E-state index contributed by atoms with van der Waals surface area (Å²) in [6.07, 6.45) is 0.894. The van der Waals surface area contributed by atoms with E-state index in [0.29, 0.717) is 22.8 Å². The molecule has 1 aromatic carbocycles. The summed E-state index contributed by atoms with van der Waals surface area (Å²) in [5.41, 5.74) is 4.53. The lowest BCUT2D eigenvalue weighted by Crippen LogP contribution is -2.25. The molecular formula is C17H15ClN4O3. The number of aliphatic hydroxyl groups excluding tert-OH is 1. The first-order chi connectivity index (χ1) is 12.1. The number of aromatic amines is 1. The van der Waals surface area contributed by atoms with E-state index in [-0.39, 0.29) is 6.61 Å². The Morgan fingerprint density at radius 2 is 2.20 bits per heavy atom. The summed E-state index contributed by atoms with van der Waals surface area (Å²) in [5, 5.41) is 20.7. The highest BCUT2D eigenvalue weighted by Crippen LogP contribution is 2.39. The molecule has 0 spiro atoms. The van der Waals surface area contributed by atoms with Gasteiger partial charge in [-0.05, 0) is 25.1 Å². The van der Waals surface area contributed by atoms with E-state index in [1.54, 1.807) is 6.20 Å². The molecule has 1 aliphatic rings. The Morgan fingerprint density at radius 3 is 3.00 bits per heavy atom. The van der Waals surface area contributed by atoms with Gasteiger partial charge in [0.25, 0.3) is 0 Å². The predicted molar refractivity (Wildman–Crippen MR) is 93.6 cm³/mol. The summed E-state index contributed by atoms with van der Waals surface area (Å²) in [7, 11) is 0. The van der Waals surface area contributed by atoms with Gasteiger partial charge in [-0.1, -0.05) is 11.6 Å². The van der Waals surface area contributed by atoms with Crippen molar-refractivity contribution in [2.75, 3.05) is 11.9 Å². The van der Waals surface area contributed by atoms with Crippen LogP contribution in [0.2, 0.25) is 5.02 Å². The minimum atomic E-state index is -0.530. The second-order valence-corrected chi connectivity index (χ2v) is 6.30. The molecule has 4 rings (SSSR count). The Morgan fingerprint density at radius 1 is 1.36 bits per heavy atom. The van der Waals surface area contributed by atoms with E-state index in [2.05, 4.69) is 20.5 Å². The fourth-order valence-electron chi connectivity index (χ4n) is 3.05. The normalized spacial score (nSPS) is 16.4. The highest BCUT2D eigenvalue weighted by molar-refractivity contribution is 6.33. The summed E-state index contributed by atoms with van der Waals surface area (Å²) in [6.45, 7) is 1.81. The fourth-order valence-corrected chi connectivity index (χ4v) is 3.24. The molecule has 25 heavy (non-hydrogen) atoms. The molecule has 3 aromatic rings. The third-order valence-electron chi connectivity index (χ3n) is 4.20. The van der Waals surface area contributed by atoms with Crippen LogP contribution in [0.3, 0.4) is 0 Å². The van der Waals surface area contributed by atoms with Gasteiger partial charge in [-0.25, -0.2) is 4.79 Å². The zero-order chi connectivity index (χ0) is 17.6. The molecule has 0 fully saturated rings. The summed E-state index contributed by atoms with van der Waals surface area (Å²) in [6, 6.07) is 5.60. The highest BCUT2D eigenvalue weighted by atomic mass is 35.5. The van der Waals surface area contributed by atoms with Crippen LogP contribution in [0.5, 0.6) is 0 Å². The number of fused-ring (bicyclic) bond motifs is 2. The van der Waals surface area contributed by atoms with E-state index in [0.717, 1.165) is 27.7 Å². The first-order valence-corrected chi connectivity index (χ1v) is 8.17. The highest BCUT2D eigenvalue weighted by Gasteiger charge is 2.27. The van der Waals surface area contributed by atoms with Crippen LogP contribution in [0.25, 0.3) is 22.2 Å². The van der Waals surface area contributed by atoms with E-state index < -0.39 is 12.2 Å². The Kier molecular flexibility index (Phi) is 3.82. The molecule has 1 aliphatic heterocycles. The summed E-state index contributed by atoms with van der Waals surface area (Å²) in [4.78, 5) is 15.9. The maximum Gasteiger partial charge on any atom is 0.412 e. The van der Waals surface area contributed by atoms with Crippen molar-refractivity contribution in [1.82, 2.24) is 15.2 Å². The number of cyclic esters (lactones) is 1. The number of carbonyl (C=O) groups excluding carboxylic acids is 1. The van der Waals surface area contributed by atoms with E-state index in [1.165, 1.54) is 0 Å². The van der Waals surface area contributed by atoms with E-state index >= 15 is 0 Å². The molecule has 1 amide bonds. The topological polar surface area (TPSA) is 100 Å². The van der Waals surface area contributed by atoms with Crippen molar-refractivity contribution in [1.29, 1.82) is 0 Å². The molecule has 0 bridgehead atoms. The quantitative estimate of drug-likeness (QED) is 0.664. The van der Waals surface area contributed by atoms with E-state index in [9.17, 15) is 9.90 Å². The number of hydrogen-bond donors (Lipinski definition) is 3. The van der Waals surface area contributed by atoms with Crippen molar-refractivity contribution in [2.24, 2.45) is 0 Å². The molecule has 0 aliphatic carbocycles. The number of hydrogen-bond acceptors (Lipinski definition) is 5. The lowest BCUT2D eigenvalue weighted by Gasteiger charge is -2.25. The summed E-state index contributed by atoms with van der Waals surface area (Å²) < 4.78 is 5.29. The first kappa shape index (κ1) is 15.9. The monoisotopic (exact) mass is 358 g/mol. The largest absolute Gasteiger partial charge is 0.441 e. The summed E-state index contributed by atoms with van der Waals surface area (Å²) in [5.74, 6) is 0. The number of aliphatic hydroxyl groups is 1. The van der Waals surface area contributed by atoms with Crippen molar-refractivity contribution in [2.45, 2.75) is 19.4 Å². The number of nitrogens with zero attached hydrogens (tertiary/aromatic N) is 2. The zero-order valence-corrected chi connectivity index (χ0v) is 14.1. The Bertz CT molecular complexity index is 985. The third kappa shape index (κ3) is 2.71. The van der Waals surface area contributed by atoms with Gasteiger partial charge in [0.05, 0.1) is 16.2 Å². The number of halogens is 1. The van der Waals surface area contributed by atoms with Crippen LogP contribution in [0, 0.1) is 6.92 Å². The van der Waals surface area contributed by atoms with Crippen LogP contribution < -0.4 is 5.32 Å². The van der Waals surface area contributed by atoms with Gasteiger partial charge in [-0.2, -0.15) is 5.10 Å². The predicted octanol–water partition coefficient (Wildman–Crippen LogP) is 3.57. The molecule has 2 aromatic heterocycles. The van der Waals surface area contributed by atoms with Gasteiger partial charge < -0.3 is 9.84 Å². The Balaban J connectivity index is 1.91. The molecule has 128 valence electrons. The number of nitrogens with one attached hydrogen (secondary N) is 2. The maximum absolute atomic E-state index is 11.7. The van der Waals surface area contributed by atoms with Crippen LogP contribution in [0.15, 0.2) is 24.4 Å². The lowest BCUT2D eigenvalue weighted by atomic mass is 9.99. The number of H-pyrrole nitrogens is 1. The number of aryl methyl sites for hydroxylation is 1. The van der Waals surface area contributed by atoms with Gasteiger partial charge in [0.15, 0.2) is 0 Å². The molecule has 8 heteroatoms.